The number of hydrogen-bond acceptors (Lipinski definition) is 4. The van der Waals surface area contributed by atoms with E-state index in [1.54, 1.807) is 6.92 Å². The van der Waals surface area contributed by atoms with Gasteiger partial charge in [-0.15, -0.1) is 0 Å². The quantitative estimate of drug-likeness (QED) is 0.439. The number of likely N-dealkylation sites (tertiary alicyclic amines) is 1. The number of amides is 3. The molecule has 1 fully saturated rings. The lowest BCUT2D eigenvalue weighted by atomic mass is 10.1. The highest BCUT2D eigenvalue weighted by Crippen LogP contribution is 2.28. The van der Waals surface area contributed by atoms with Gasteiger partial charge in [0.05, 0.1) is 5.57 Å². The minimum atomic E-state index is -0.995. The fourth-order valence-corrected chi connectivity index (χ4v) is 2.19. The zero-order valence-corrected chi connectivity index (χ0v) is 12.1. The molecular weight excluding hydrogens is 272 g/mol. The minimum Gasteiger partial charge on any atom is -0.357 e. The summed E-state index contributed by atoms with van der Waals surface area (Å²) < 4.78 is 0. The van der Waals surface area contributed by atoms with Crippen molar-refractivity contribution in [2.75, 3.05) is 7.05 Å². The smallest absolute Gasteiger partial charge is 0.262 e. The van der Waals surface area contributed by atoms with Crippen LogP contribution in [0, 0.1) is 0 Å². The van der Waals surface area contributed by atoms with Gasteiger partial charge < -0.3 is 10.1 Å². The maximum absolute atomic E-state index is 12.4. The molecule has 1 aliphatic rings. The van der Waals surface area contributed by atoms with Crippen LogP contribution >= 0.6 is 0 Å². The van der Waals surface area contributed by atoms with Gasteiger partial charge in [0.1, 0.15) is 12.3 Å². The Hall–Kier alpha value is -2.50. The normalized spacial score (nSPS) is 20.0. The van der Waals surface area contributed by atoms with Gasteiger partial charge in [0, 0.05) is 19.0 Å². The van der Waals surface area contributed by atoms with Crippen LogP contribution in [0.25, 0.3) is 0 Å². The Balaban J connectivity index is 3.25. The summed E-state index contributed by atoms with van der Waals surface area (Å²) in [7, 11) is 1.42. The number of nitrogens with zero attached hydrogens (tertiary/aromatic N) is 1. The number of allylic oxidation sites excluding steroid dienone is 3. The van der Waals surface area contributed by atoms with Gasteiger partial charge in [-0.2, -0.15) is 0 Å². The predicted molar refractivity (Wildman–Crippen MR) is 77.0 cm³/mol. The van der Waals surface area contributed by atoms with Crippen LogP contribution in [-0.4, -0.2) is 42.0 Å². The first-order chi connectivity index (χ1) is 10.0. The third-order valence-corrected chi connectivity index (χ3v) is 3.18. The molecule has 0 bridgehead atoms. The number of aldehydes is 1. The molecule has 0 spiro atoms. The summed E-state index contributed by atoms with van der Waals surface area (Å²) in [5.41, 5.74) is 0.442. The second-order valence-electron chi connectivity index (χ2n) is 4.37. The van der Waals surface area contributed by atoms with E-state index in [1.807, 2.05) is 0 Å². The second kappa shape index (κ2) is 7.33. The molecule has 0 aliphatic carbocycles. The average molecular weight is 290 g/mol. The van der Waals surface area contributed by atoms with E-state index in [4.69, 9.17) is 0 Å². The topological polar surface area (TPSA) is 83.6 Å². The van der Waals surface area contributed by atoms with Crippen LogP contribution < -0.4 is 5.32 Å². The van der Waals surface area contributed by atoms with E-state index in [0.29, 0.717) is 6.29 Å². The van der Waals surface area contributed by atoms with Crippen LogP contribution in [0.4, 0.5) is 0 Å². The molecule has 1 N–H and O–H groups in total. The van der Waals surface area contributed by atoms with Gasteiger partial charge in [-0.1, -0.05) is 18.7 Å². The highest BCUT2D eigenvalue weighted by atomic mass is 16.2. The van der Waals surface area contributed by atoms with Gasteiger partial charge in [-0.05, 0) is 19.4 Å². The summed E-state index contributed by atoms with van der Waals surface area (Å²) in [6.45, 7) is 5.15. The maximum Gasteiger partial charge on any atom is 0.262 e. The number of rotatable bonds is 6. The molecule has 0 saturated carbocycles. The molecule has 1 atom stereocenters. The first-order valence-corrected chi connectivity index (χ1v) is 6.55. The molecular formula is C15H18N2O4. The summed E-state index contributed by atoms with van der Waals surface area (Å²) in [5, 5.41) is 2.41. The van der Waals surface area contributed by atoms with Crippen molar-refractivity contribution >= 4 is 24.0 Å². The van der Waals surface area contributed by atoms with E-state index in [-0.39, 0.29) is 24.0 Å². The Morgan fingerprint density at radius 3 is 2.43 bits per heavy atom. The van der Waals surface area contributed by atoms with Gasteiger partial charge in [-0.25, -0.2) is 0 Å². The van der Waals surface area contributed by atoms with Gasteiger partial charge >= 0.3 is 0 Å². The number of nitrogens with one attached hydrogen (secondary N) is 1. The molecule has 21 heavy (non-hydrogen) atoms. The summed E-state index contributed by atoms with van der Waals surface area (Å²) in [4.78, 5) is 48.1. The van der Waals surface area contributed by atoms with Crippen molar-refractivity contribution in [2.24, 2.45) is 0 Å². The number of hydrogen-bond donors (Lipinski definition) is 1. The van der Waals surface area contributed by atoms with Gasteiger partial charge in [0.2, 0.25) is 5.91 Å². The van der Waals surface area contributed by atoms with E-state index in [0.717, 1.165) is 4.90 Å². The molecule has 0 aromatic heterocycles. The molecule has 1 aliphatic heterocycles. The molecule has 1 unspecified atom stereocenters. The Labute approximate surface area is 123 Å². The molecule has 0 radical (unpaired) electrons. The zero-order chi connectivity index (χ0) is 16.0. The lowest BCUT2D eigenvalue weighted by molar-refractivity contribution is -0.145. The molecule has 0 aromatic carbocycles. The van der Waals surface area contributed by atoms with Crippen molar-refractivity contribution < 1.29 is 19.2 Å². The molecule has 6 heteroatoms. The predicted octanol–water partition coefficient (Wildman–Crippen LogP) is 0.508. The summed E-state index contributed by atoms with van der Waals surface area (Å²) in [6, 6.07) is -0.995. The Kier molecular flexibility index (Phi) is 5.78. The van der Waals surface area contributed by atoms with Gasteiger partial charge in [0.15, 0.2) is 0 Å². The monoisotopic (exact) mass is 290 g/mol. The molecule has 1 rings (SSSR count). The lowest BCUT2D eigenvalue weighted by Gasteiger charge is -2.23. The lowest BCUT2D eigenvalue weighted by Crippen LogP contribution is -2.48. The Bertz CT molecular complexity index is 546. The van der Waals surface area contributed by atoms with E-state index in [9.17, 15) is 19.2 Å². The van der Waals surface area contributed by atoms with Crippen molar-refractivity contribution in [3.63, 3.8) is 0 Å². The molecule has 112 valence electrons. The number of carbonyl (C=O) groups excluding carboxylic acids is 4. The van der Waals surface area contributed by atoms with E-state index in [2.05, 4.69) is 11.9 Å². The minimum absolute atomic E-state index is 0.0842. The highest BCUT2D eigenvalue weighted by molar-refractivity contribution is 6.25. The van der Waals surface area contributed by atoms with Crippen LogP contribution in [0.5, 0.6) is 0 Å². The standard InChI is InChI=1S/C15H18N2O4/c1-4-7-11-10(5-2)14(20)17(15(11)21)12(8-6-9-18)13(19)16-3/h4-5,7,9,12H,1,6,8H2,2-3H3,(H,16,19)/b10-5+,11-7+. The zero-order valence-electron chi connectivity index (χ0n) is 12.1. The summed E-state index contributed by atoms with van der Waals surface area (Å²) in [6.07, 6.45) is 5.21. The number of likely N-dealkylation sites (N-methyl/N-ethyl adjacent to an activating group) is 1. The molecule has 0 aromatic rings. The van der Waals surface area contributed by atoms with Crippen molar-refractivity contribution in [2.45, 2.75) is 25.8 Å². The maximum atomic E-state index is 12.4. The molecule has 1 saturated heterocycles. The summed E-state index contributed by atoms with van der Waals surface area (Å²) in [5.74, 6) is -1.56. The van der Waals surface area contributed by atoms with Crippen molar-refractivity contribution in [3.05, 3.63) is 36.0 Å². The third-order valence-electron chi connectivity index (χ3n) is 3.18. The number of imide groups is 1. The van der Waals surface area contributed by atoms with E-state index in [1.165, 1.54) is 25.3 Å². The van der Waals surface area contributed by atoms with Crippen LogP contribution in [0.1, 0.15) is 19.8 Å². The van der Waals surface area contributed by atoms with Crippen molar-refractivity contribution in [1.82, 2.24) is 10.2 Å². The largest absolute Gasteiger partial charge is 0.357 e. The SMILES string of the molecule is C=C/C=C1/C(=O)N(C(CCC=O)C(=O)NC)C(=O)/C1=C/C. The number of carbonyl (C=O) groups is 4. The van der Waals surface area contributed by atoms with E-state index >= 15 is 0 Å². The first-order valence-electron chi connectivity index (χ1n) is 6.55. The average Bonchev–Trinajstić information content (AvgIpc) is 2.71. The molecule has 3 amide bonds. The third kappa shape index (κ3) is 3.16. The fourth-order valence-electron chi connectivity index (χ4n) is 2.19. The van der Waals surface area contributed by atoms with Gasteiger partial charge in [0.25, 0.3) is 11.8 Å². The Morgan fingerprint density at radius 2 is 1.95 bits per heavy atom. The van der Waals surface area contributed by atoms with Crippen LogP contribution in [0.2, 0.25) is 0 Å². The highest BCUT2D eigenvalue weighted by Gasteiger charge is 2.44. The fraction of sp³-hybridized carbons (Fsp3) is 0.333. The van der Waals surface area contributed by atoms with Crippen molar-refractivity contribution in [3.8, 4) is 0 Å². The molecule has 6 nitrogen and oxygen atoms in total. The molecule has 1 heterocycles. The van der Waals surface area contributed by atoms with Crippen molar-refractivity contribution in [1.29, 1.82) is 0 Å². The van der Waals surface area contributed by atoms with Gasteiger partial charge in [-0.3, -0.25) is 19.3 Å². The van der Waals surface area contributed by atoms with Crippen LogP contribution in [-0.2, 0) is 19.2 Å². The van der Waals surface area contributed by atoms with E-state index < -0.39 is 23.8 Å². The van der Waals surface area contributed by atoms with Crippen LogP contribution in [0.15, 0.2) is 36.0 Å². The summed E-state index contributed by atoms with van der Waals surface area (Å²) >= 11 is 0. The second-order valence-corrected chi connectivity index (χ2v) is 4.37. The van der Waals surface area contributed by atoms with Crippen LogP contribution in [0.3, 0.4) is 0 Å². The first kappa shape index (κ1) is 16.6. The Morgan fingerprint density at radius 1 is 1.33 bits per heavy atom.